The van der Waals surface area contributed by atoms with E-state index in [9.17, 15) is 0 Å². The van der Waals surface area contributed by atoms with Crippen LogP contribution in [0.1, 0.15) is 24.9 Å². The summed E-state index contributed by atoms with van der Waals surface area (Å²) >= 11 is 5.86. The lowest BCUT2D eigenvalue weighted by molar-refractivity contribution is 0.511. The van der Waals surface area contributed by atoms with Crippen molar-refractivity contribution in [1.29, 1.82) is 0 Å². The fourth-order valence-electron chi connectivity index (χ4n) is 1.56. The molecule has 2 rings (SSSR count). The number of rotatable bonds is 3. The predicted octanol–water partition coefficient (Wildman–Crippen LogP) is 1.84. The van der Waals surface area contributed by atoms with E-state index in [2.05, 4.69) is 22.2 Å². The number of nitrogens with one attached hydrogen (secondary N) is 1. The maximum absolute atomic E-state index is 5.86. The molecule has 0 aliphatic rings. The van der Waals surface area contributed by atoms with Gasteiger partial charge in [-0.15, -0.1) is 0 Å². The topological polar surface area (TPSA) is 72.5 Å². The van der Waals surface area contributed by atoms with Crippen LogP contribution in [0.25, 0.3) is 0 Å². The average molecular weight is 226 g/mol. The summed E-state index contributed by atoms with van der Waals surface area (Å²) in [6.07, 6.45) is 6.26. The molecular formula is C9H12ClN5. The molecule has 2 aromatic rings. The Morgan fingerprint density at radius 2 is 2.47 bits per heavy atom. The lowest BCUT2D eigenvalue weighted by atomic mass is 10.1. The third-order valence-electron chi connectivity index (χ3n) is 2.32. The van der Waals surface area contributed by atoms with Crippen LogP contribution in [0.4, 0.5) is 5.82 Å². The number of halogens is 1. The summed E-state index contributed by atoms with van der Waals surface area (Å²) in [7, 11) is 0. The molecule has 0 bridgehead atoms. The summed E-state index contributed by atoms with van der Waals surface area (Å²) in [6, 6.07) is 0.124. The van der Waals surface area contributed by atoms with Gasteiger partial charge in [-0.1, -0.05) is 18.5 Å². The summed E-state index contributed by atoms with van der Waals surface area (Å²) < 4.78 is 1.77. The number of nitrogens with zero attached hydrogens (tertiary/aromatic N) is 3. The Bertz CT molecular complexity index is 414. The number of nitrogen functional groups attached to an aromatic ring is 1. The minimum Gasteiger partial charge on any atom is -0.381 e. The van der Waals surface area contributed by atoms with Gasteiger partial charge < -0.3 is 5.73 Å². The highest BCUT2D eigenvalue weighted by Gasteiger charge is 2.15. The first-order valence-corrected chi connectivity index (χ1v) is 5.09. The SMILES string of the molecule is CCC(c1cn[nH]c1)n1cc(Cl)c(N)n1. The Morgan fingerprint density at radius 3 is 2.93 bits per heavy atom. The molecule has 0 aromatic carbocycles. The average Bonchev–Trinajstić information content (AvgIpc) is 2.80. The molecule has 5 nitrogen and oxygen atoms in total. The number of nitrogens with two attached hydrogens (primary N) is 1. The van der Waals surface area contributed by atoms with E-state index in [1.807, 2.05) is 6.20 Å². The second-order valence-corrected chi connectivity index (χ2v) is 3.71. The molecule has 2 heterocycles. The lowest BCUT2D eigenvalue weighted by Gasteiger charge is -2.12. The number of anilines is 1. The number of hydrogen-bond donors (Lipinski definition) is 2. The molecule has 0 spiro atoms. The minimum atomic E-state index is 0.124. The van der Waals surface area contributed by atoms with Gasteiger partial charge >= 0.3 is 0 Å². The van der Waals surface area contributed by atoms with Gasteiger partial charge in [-0.05, 0) is 6.42 Å². The molecule has 15 heavy (non-hydrogen) atoms. The molecule has 0 fully saturated rings. The maximum Gasteiger partial charge on any atom is 0.164 e. The molecule has 0 saturated carbocycles. The van der Waals surface area contributed by atoms with Crippen molar-refractivity contribution in [3.63, 3.8) is 0 Å². The van der Waals surface area contributed by atoms with E-state index in [0.29, 0.717) is 10.8 Å². The minimum absolute atomic E-state index is 0.124. The van der Waals surface area contributed by atoms with Crippen LogP contribution in [-0.4, -0.2) is 20.0 Å². The summed E-state index contributed by atoms with van der Waals surface area (Å²) in [5, 5.41) is 11.3. The van der Waals surface area contributed by atoms with Crippen molar-refractivity contribution in [2.45, 2.75) is 19.4 Å². The van der Waals surface area contributed by atoms with Crippen LogP contribution < -0.4 is 5.73 Å². The summed E-state index contributed by atoms with van der Waals surface area (Å²) in [5.41, 5.74) is 6.67. The Morgan fingerprint density at radius 1 is 1.67 bits per heavy atom. The molecule has 0 saturated heterocycles. The van der Waals surface area contributed by atoms with Crippen LogP contribution in [0.5, 0.6) is 0 Å². The van der Waals surface area contributed by atoms with Crippen molar-refractivity contribution < 1.29 is 0 Å². The molecule has 80 valence electrons. The van der Waals surface area contributed by atoms with Crippen molar-refractivity contribution in [3.8, 4) is 0 Å². The molecule has 1 atom stereocenters. The highest BCUT2D eigenvalue weighted by atomic mass is 35.5. The first-order chi connectivity index (χ1) is 7.22. The number of H-pyrrole nitrogens is 1. The number of aromatic nitrogens is 4. The first kappa shape index (κ1) is 10.0. The van der Waals surface area contributed by atoms with Crippen molar-refractivity contribution in [2.75, 3.05) is 5.73 Å². The van der Waals surface area contributed by atoms with Gasteiger partial charge in [0, 0.05) is 18.0 Å². The fraction of sp³-hybridized carbons (Fsp3) is 0.333. The Balaban J connectivity index is 2.35. The van der Waals surface area contributed by atoms with Gasteiger partial charge in [0.15, 0.2) is 5.82 Å². The molecule has 0 aliphatic heterocycles. The molecule has 6 heteroatoms. The van der Waals surface area contributed by atoms with E-state index in [0.717, 1.165) is 12.0 Å². The van der Waals surface area contributed by atoms with E-state index in [1.165, 1.54) is 0 Å². The molecule has 0 radical (unpaired) electrons. The first-order valence-electron chi connectivity index (χ1n) is 4.71. The largest absolute Gasteiger partial charge is 0.381 e. The second-order valence-electron chi connectivity index (χ2n) is 3.30. The van der Waals surface area contributed by atoms with Crippen LogP contribution in [-0.2, 0) is 0 Å². The number of aromatic amines is 1. The highest BCUT2D eigenvalue weighted by Crippen LogP contribution is 2.24. The van der Waals surface area contributed by atoms with E-state index in [1.54, 1.807) is 17.1 Å². The zero-order valence-corrected chi connectivity index (χ0v) is 9.07. The maximum atomic E-state index is 5.86. The molecule has 0 amide bonds. The normalized spacial score (nSPS) is 12.9. The van der Waals surface area contributed by atoms with Gasteiger partial charge in [0.1, 0.15) is 5.02 Å². The van der Waals surface area contributed by atoms with E-state index in [4.69, 9.17) is 17.3 Å². The van der Waals surface area contributed by atoms with Gasteiger partial charge in [0.2, 0.25) is 0 Å². The van der Waals surface area contributed by atoms with Gasteiger partial charge in [0.25, 0.3) is 0 Å². The summed E-state index contributed by atoms with van der Waals surface area (Å²) in [5.74, 6) is 0.360. The summed E-state index contributed by atoms with van der Waals surface area (Å²) in [4.78, 5) is 0. The number of hydrogen-bond acceptors (Lipinski definition) is 3. The van der Waals surface area contributed by atoms with Crippen LogP contribution in [0.15, 0.2) is 18.6 Å². The third kappa shape index (κ3) is 1.83. The van der Waals surface area contributed by atoms with E-state index in [-0.39, 0.29) is 6.04 Å². The van der Waals surface area contributed by atoms with Crippen molar-refractivity contribution >= 4 is 17.4 Å². The van der Waals surface area contributed by atoms with Crippen LogP contribution in [0.3, 0.4) is 0 Å². The summed E-state index contributed by atoms with van der Waals surface area (Å²) in [6.45, 7) is 2.07. The zero-order valence-electron chi connectivity index (χ0n) is 8.31. The van der Waals surface area contributed by atoms with Crippen molar-refractivity contribution in [1.82, 2.24) is 20.0 Å². The van der Waals surface area contributed by atoms with Crippen LogP contribution in [0.2, 0.25) is 5.02 Å². The third-order valence-corrected chi connectivity index (χ3v) is 2.61. The standard InChI is InChI=1S/C9H12ClN5/c1-2-8(6-3-12-13-4-6)15-5-7(10)9(11)14-15/h3-5,8H,2H2,1H3,(H2,11,14)(H,12,13). The molecular weight excluding hydrogens is 214 g/mol. The second kappa shape index (κ2) is 3.94. The Labute approximate surface area is 92.2 Å². The molecule has 3 N–H and O–H groups in total. The molecule has 1 unspecified atom stereocenters. The zero-order chi connectivity index (χ0) is 10.8. The van der Waals surface area contributed by atoms with Crippen molar-refractivity contribution in [2.24, 2.45) is 0 Å². The van der Waals surface area contributed by atoms with Gasteiger partial charge in [-0.25, -0.2) is 0 Å². The van der Waals surface area contributed by atoms with Crippen LogP contribution >= 0.6 is 11.6 Å². The van der Waals surface area contributed by atoms with Gasteiger partial charge in [-0.3, -0.25) is 9.78 Å². The van der Waals surface area contributed by atoms with Gasteiger partial charge in [0.05, 0.1) is 12.2 Å². The Kier molecular flexibility index (Phi) is 2.64. The quantitative estimate of drug-likeness (QED) is 0.837. The van der Waals surface area contributed by atoms with E-state index >= 15 is 0 Å². The highest BCUT2D eigenvalue weighted by molar-refractivity contribution is 6.32. The molecule has 2 aromatic heterocycles. The Hall–Kier alpha value is -1.49. The van der Waals surface area contributed by atoms with Crippen molar-refractivity contribution in [3.05, 3.63) is 29.2 Å². The predicted molar refractivity (Wildman–Crippen MR) is 58.7 cm³/mol. The van der Waals surface area contributed by atoms with E-state index < -0.39 is 0 Å². The smallest absolute Gasteiger partial charge is 0.164 e. The monoisotopic (exact) mass is 225 g/mol. The fourth-order valence-corrected chi connectivity index (χ4v) is 1.70. The van der Waals surface area contributed by atoms with Gasteiger partial charge in [-0.2, -0.15) is 10.2 Å². The lowest BCUT2D eigenvalue weighted by Crippen LogP contribution is -2.09. The van der Waals surface area contributed by atoms with Crippen LogP contribution in [0, 0.1) is 0 Å². The molecule has 0 aliphatic carbocycles.